The van der Waals surface area contributed by atoms with Crippen LogP contribution in [0, 0.1) is 11.8 Å². The molecule has 70 valence electrons. The van der Waals surface area contributed by atoms with E-state index in [-0.39, 0.29) is 18.4 Å². The average Bonchev–Trinajstić information content (AvgIpc) is 2.09. The lowest BCUT2D eigenvalue weighted by Gasteiger charge is -2.22. The number of hydrogen-bond donors (Lipinski definition) is 1. The number of Topliss-reactive ketones (excluding diaryl/α,β-unsaturated/α-hetero) is 1. The third-order valence-corrected chi connectivity index (χ3v) is 2.68. The second-order valence-corrected chi connectivity index (χ2v) is 3.93. The minimum absolute atomic E-state index is 0.212. The van der Waals surface area contributed by atoms with Crippen LogP contribution in [-0.4, -0.2) is 17.5 Å². The van der Waals surface area contributed by atoms with Crippen LogP contribution >= 0.6 is 0 Å². The first kappa shape index (κ1) is 9.72. The molecule has 0 heterocycles. The molecule has 2 nitrogen and oxygen atoms in total. The Morgan fingerprint density at radius 3 is 2.92 bits per heavy atom. The molecular formula is C10H18O2. The molecule has 1 aliphatic carbocycles. The minimum Gasteiger partial charge on any atom is -0.396 e. The largest absolute Gasteiger partial charge is 0.396 e. The van der Waals surface area contributed by atoms with E-state index in [1.807, 2.05) is 6.92 Å². The van der Waals surface area contributed by atoms with Crippen LogP contribution in [0.5, 0.6) is 0 Å². The van der Waals surface area contributed by atoms with Crippen LogP contribution in [0.3, 0.4) is 0 Å². The van der Waals surface area contributed by atoms with E-state index in [0.717, 1.165) is 25.7 Å². The molecule has 1 saturated carbocycles. The minimum atomic E-state index is 0.212. The molecule has 1 rings (SSSR count). The van der Waals surface area contributed by atoms with Crippen LogP contribution in [0.4, 0.5) is 0 Å². The van der Waals surface area contributed by atoms with E-state index in [2.05, 4.69) is 0 Å². The lowest BCUT2D eigenvalue weighted by Crippen LogP contribution is -2.22. The molecule has 0 aromatic heterocycles. The summed E-state index contributed by atoms with van der Waals surface area (Å²) in [5.41, 5.74) is 0. The summed E-state index contributed by atoms with van der Waals surface area (Å²) in [6.07, 6.45) is 4.96. The molecule has 2 heteroatoms. The van der Waals surface area contributed by atoms with Crippen molar-refractivity contribution in [2.45, 2.75) is 39.0 Å². The van der Waals surface area contributed by atoms with Gasteiger partial charge in [-0.15, -0.1) is 0 Å². The summed E-state index contributed by atoms with van der Waals surface area (Å²) in [5, 5.41) is 8.84. The van der Waals surface area contributed by atoms with E-state index in [1.165, 1.54) is 6.42 Å². The van der Waals surface area contributed by atoms with Gasteiger partial charge in [0.15, 0.2) is 0 Å². The second kappa shape index (κ2) is 4.61. The number of carbonyl (C=O) groups excluding carboxylic acids is 1. The molecule has 1 N–H and O–H groups in total. The van der Waals surface area contributed by atoms with Gasteiger partial charge in [0.1, 0.15) is 5.78 Å². The molecule has 2 atom stereocenters. The fourth-order valence-electron chi connectivity index (χ4n) is 1.86. The Morgan fingerprint density at radius 2 is 2.33 bits per heavy atom. The maximum atomic E-state index is 11.4. The van der Waals surface area contributed by atoms with E-state index >= 15 is 0 Å². The third kappa shape index (κ3) is 2.59. The smallest absolute Gasteiger partial charge is 0.135 e. The Morgan fingerprint density at radius 1 is 1.58 bits per heavy atom. The van der Waals surface area contributed by atoms with Gasteiger partial charge in [-0.1, -0.05) is 13.3 Å². The van der Waals surface area contributed by atoms with Crippen molar-refractivity contribution < 1.29 is 9.90 Å². The Labute approximate surface area is 74.0 Å². The predicted molar refractivity (Wildman–Crippen MR) is 47.8 cm³/mol. The number of ketones is 1. The summed E-state index contributed by atoms with van der Waals surface area (Å²) in [6, 6.07) is 0. The van der Waals surface area contributed by atoms with E-state index in [1.54, 1.807) is 0 Å². The Hall–Kier alpha value is -0.370. The lowest BCUT2D eigenvalue weighted by atomic mass is 9.82. The van der Waals surface area contributed by atoms with Gasteiger partial charge in [-0.25, -0.2) is 0 Å². The summed E-state index contributed by atoms with van der Waals surface area (Å²) in [7, 11) is 0. The Balaban J connectivity index is 2.34. The van der Waals surface area contributed by atoms with Crippen molar-refractivity contribution in [1.29, 1.82) is 0 Å². The second-order valence-electron chi connectivity index (χ2n) is 3.93. The Bertz CT molecular complexity index is 154. The zero-order chi connectivity index (χ0) is 8.97. The SMILES string of the molecule is CC(CO)CC1CCCCC1=O. The topological polar surface area (TPSA) is 37.3 Å². The summed E-state index contributed by atoms with van der Waals surface area (Å²) in [4.78, 5) is 11.4. The zero-order valence-electron chi connectivity index (χ0n) is 7.75. The molecule has 0 aromatic rings. The fourth-order valence-corrected chi connectivity index (χ4v) is 1.86. The highest BCUT2D eigenvalue weighted by Crippen LogP contribution is 2.25. The molecular weight excluding hydrogens is 152 g/mol. The molecule has 1 aliphatic rings. The van der Waals surface area contributed by atoms with Crippen molar-refractivity contribution in [3.8, 4) is 0 Å². The molecule has 0 saturated heterocycles. The molecule has 12 heavy (non-hydrogen) atoms. The van der Waals surface area contributed by atoms with Gasteiger partial charge in [-0.05, 0) is 25.2 Å². The number of aliphatic hydroxyl groups excluding tert-OH is 1. The standard InChI is InChI=1S/C10H18O2/c1-8(7-11)6-9-4-2-3-5-10(9)12/h8-9,11H,2-7H2,1H3. The molecule has 0 aliphatic heterocycles. The lowest BCUT2D eigenvalue weighted by molar-refractivity contribution is -0.125. The Kier molecular flexibility index (Phi) is 3.73. The van der Waals surface area contributed by atoms with Gasteiger partial charge in [0.05, 0.1) is 0 Å². The third-order valence-electron chi connectivity index (χ3n) is 2.68. The van der Waals surface area contributed by atoms with Gasteiger partial charge < -0.3 is 5.11 Å². The monoisotopic (exact) mass is 170 g/mol. The van der Waals surface area contributed by atoms with Crippen molar-refractivity contribution in [1.82, 2.24) is 0 Å². The highest BCUT2D eigenvalue weighted by atomic mass is 16.3. The highest BCUT2D eigenvalue weighted by molar-refractivity contribution is 5.81. The molecule has 0 radical (unpaired) electrons. The van der Waals surface area contributed by atoms with E-state index in [0.29, 0.717) is 5.78 Å². The van der Waals surface area contributed by atoms with Crippen LogP contribution in [-0.2, 0) is 4.79 Å². The van der Waals surface area contributed by atoms with Gasteiger partial charge in [-0.3, -0.25) is 4.79 Å². The first-order valence-electron chi connectivity index (χ1n) is 4.87. The molecule has 1 fully saturated rings. The highest BCUT2D eigenvalue weighted by Gasteiger charge is 2.23. The van der Waals surface area contributed by atoms with Crippen molar-refractivity contribution in [3.63, 3.8) is 0 Å². The van der Waals surface area contributed by atoms with Crippen LogP contribution < -0.4 is 0 Å². The first-order valence-corrected chi connectivity index (χ1v) is 4.87. The summed E-state index contributed by atoms with van der Waals surface area (Å²) >= 11 is 0. The van der Waals surface area contributed by atoms with Crippen LogP contribution in [0.2, 0.25) is 0 Å². The van der Waals surface area contributed by atoms with Crippen molar-refractivity contribution in [2.24, 2.45) is 11.8 Å². The maximum absolute atomic E-state index is 11.4. The van der Waals surface area contributed by atoms with Gasteiger partial charge in [-0.2, -0.15) is 0 Å². The van der Waals surface area contributed by atoms with Crippen LogP contribution in [0.1, 0.15) is 39.0 Å². The number of aliphatic hydroxyl groups is 1. The van der Waals surface area contributed by atoms with E-state index in [4.69, 9.17) is 5.11 Å². The average molecular weight is 170 g/mol. The summed E-state index contributed by atoms with van der Waals surface area (Å²) in [6.45, 7) is 2.21. The zero-order valence-corrected chi connectivity index (χ0v) is 7.75. The molecule has 2 unspecified atom stereocenters. The molecule has 0 amide bonds. The summed E-state index contributed by atoms with van der Waals surface area (Å²) < 4.78 is 0. The van der Waals surface area contributed by atoms with Gasteiger partial charge in [0.2, 0.25) is 0 Å². The molecule has 0 aromatic carbocycles. The normalized spacial score (nSPS) is 27.2. The molecule has 0 spiro atoms. The van der Waals surface area contributed by atoms with E-state index in [9.17, 15) is 4.79 Å². The van der Waals surface area contributed by atoms with E-state index < -0.39 is 0 Å². The summed E-state index contributed by atoms with van der Waals surface area (Å²) in [5.74, 6) is 0.958. The molecule has 0 bridgehead atoms. The van der Waals surface area contributed by atoms with Gasteiger partial charge in [0, 0.05) is 18.9 Å². The fraction of sp³-hybridized carbons (Fsp3) is 0.900. The quantitative estimate of drug-likeness (QED) is 0.700. The maximum Gasteiger partial charge on any atom is 0.135 e. The van der Waals surface area contributed by atoms with Crippen molar-refractivity contribution in [2.75, 3.05) is 6.61 Å². The predicted octanol–water partition coefficient (Wildman–Crippen LogP) is 1.76. The van der Waals surface area contributed by atoms with Gasteiger partial charge in [0.25, 0.3) is 0 Å². The van der Waals surface area contributed by atoms with Crippen LogP contribution in [0.15, 0.2) is 0 Å². The number of rotatable bonds is 3. The van der Waals surface area contributed by atoms with Gasteiger partial charge >= 0.3 is 0 Å². The number of hydrogen-bond acceptors (Lipinski definition) is 2. The van der Waals surface area contributed by atoms with Crippen LogP contribution in [0.25, 0.3) is 0 Å². The number of carbonyl (C=O) groups is 1. The van der Waals surface area contributed by atoms with Crippen molar-refractivity contribution >= 4 is 5.78 Å². The first-order chi connectivity index (χ1) is 5.74. The van der Waals surface area contributed by atoms with Crippen molar-refractivity contribution in [3.05, 3.63) is 0 Å².